The topological polar surface area (TPSA) is 76.1 Å². The average Bonchev–Trinajstić information content (AvgIpc) is 3.16. The van der Waals surface area contributed by atoms with Crippen LogP contribution in [-0.4, -0.2) is 56.9 Å². The molecule has 180 valence electrons. The molecule has 0 radical (unpaired) electrons. The normalized spacial score (nSPS) is 17.1. The largest absolute Gasteiger partial charge is 0.383 e. The summed E-state index contributed by atoms with van der Waals surface area (Å²) >= 11 is 6.05. The molecule has 7 nitrogen and oxygen atoms in total. The number of hydrogen-bond acceptors (Lipinski definition) is 6. The molecular weight excluding hydrogens is 460 g/mol. The van der Waals surface area contributed by atoms with Gasteiger partial charge in [-0.25, -0.2) is 13.5 Å². The molecule has 1 fully saturated rings. The number of hydrogen-bond donors (Lipinski definition) is 1. The Kier molecular flexibility index (Phi) is 7.43. The van der Waals surface area contributed by atoms with E-state index in [1.165, 1.54) is 18.2 Å². The standard InChI is InChI=1S/C24H28ClF2N7/c1-3-5-21-17(14-29-34(21)24-30-22(25)13-23(28)31-24)6-4-7-32-8-9-33(15-16(32)2)20-11-18(26)10-19(27)12-20/h4,6,10-14,16H,3,5,7-9,15H2,1-2H3,(H2,28,30,31)/t16-/m0/s1. The zero-order valence-electron chi connectivity index (χ0n) is 19.3. The minimum absolute atomic E-state index is 0.227. The van der Waals surface area contributed by atoms with Gasteiger partial charge < -0.3 is 10.6 Å². The molecule has 3 heterocycles. The molecule has 1 aliphatic rings. The molecule has 0 aliphatic carbocycles. The summed E-state index contributed by atoms with van der Waals surface area (Å²) in [6.07, 6.45) is 7.70. The molecule has 0 saturated carbocycles. The van der Waals surface area contributed by atoms with Crippen molar-refractivity contribution in [3.63, 3.8) is 0 Å². The minimum atomic E-state index is -0.553. The van der Waals surface area contributed by atoms with Gasteiger partial charge in [-0.15, -0.1) is 0 Å². The molecule has 0 unspecified atom stereocenters. The number of anilines is 2. The first-order chi connectivity index (χ1) is 16.3. The fourth-order valence-corrected chi connectivity index (χ4v) is 4.43. The van der Waals surface area contributed by atoms with E-state index in [2.05, 4.69) is 46.0 Å². The lowest BCUT2D eigenvalue weighted by molar-refractivity contribution is 0.210. The Morgan fingerprint density at radius 2 is 1.91 bits per heavy atom. The van der Waals surface area contributed by atoms with E-state index in [1.54, 1.807) is 10.9 Å². The van der Waals surface area contributed by atoms with Crippen molar-refractivity contribution in [1.29, 1.82) is 0 Å². The lowest BCUT2D eigenvalue weighted by Gasteiger charge is -2.40. The molecule has 10 heteroatoms. The first-order valence-corrected chi connectivity index (χ1v) is 11.7. The Morgan fingerprint density at radius 3 is 2.59 bits per heavy atom. The van der Waals surface area contributed by atoms with Crippen molar-refractivity contribution in [3.05, 3.63) is 64.6 Å². The summed E-state index contributed by atoms with van der Waals surface area (Å²) in [5.41, 5.74) is 8.39. The third kappa shape index (κ3) is 5.53. The third-order valence-electron chi connectivity index (χ3n) is 5.90. The smallest absolute Gasteiger partial charge is 0.254 e. The summed E-state index contributed by atoms with van der Waals surface area (Å²) in [5.74, 6) is -0.463. The first kappa shape index (κ1) is 24.1. The van der Waals surface area contributed by atoms with Gasteiger partial charge in [0.05, 0.1) is 11.9 Å². The summed E-state index contributed by atoms with van der Waals surface area (Å²) in [4.78, 5) is 12.9. The van der Waals surface area contributed by atoms with Crippen molar-refractivity contribution in [2.45, 2.75) is 32.7 Å². The van der Waals surface area contributed by atoms with Crippen LogP contribution in [0.4, 0.5) is 20.3 Å². The molecule has 3 aromatic rings. The predicted octanol–water partition coefficient (Wildman–Crippen LogP) is 4.35. The maximum absolute atomic E-state index is 13.6. The quantitative estimate of drug-likeness (QED) is 0.499. The molecule has 2 N–H and O–H groups in total. The Balaban J connectivity index is 1.44. The van der Waals surface area contributed by atoms with E-state index in [0.717, 1.165) is 43.3 Å². The lowest BCUT2D eigenvalue weighted by atomic mass is 10.1. The number of rotatable bonds is 7. The molecule has 0 amide bonds. The molecule has 4 rings (SSSR count). The van der Waals surface area contributed by atoms with E-state index >= 15 is 0 Å². The lowest BCUT2D eigenvalue weighted by Crippen LogP contribution is -2.51. The average molecular weight is 488 g/mol. The number of nitrogens with two attached hydrogens (primary N) is 1. The van der Waals surface area contributed by atoms with Gasteiger partial charge in [0.25, 0.3) is 5.95 Å². The summed E-state index contributed by atoms with van der Waals surface area (Å²) in [6.45, 7) is 7.17. The van der Waals surface area contributed by atoms with E-state index in [0.29, 0.717) is 30.5 Å². The van der Waals surface area contributed by atoms with E-state index < -0.39 is 11.6 Å². The Labute approximate surface area is 202 Å². The number of benzene rings is 1. The van der Waals surface area contributed by atoms with Crippen molar-refractivity contribution in [2.75, 3.05) is 36.8 Å². The highest BCUT2D eigenvalue weighted by Crippen LogP contribution is 2.22. The van der Waals surface area contributed by atoms with Crippen LogP contribution in [-0.2, 0) is 6.42 Å². The molecule has 1 atom stereocenters. The van der Waals surface area contributed by atoms with Crippen LogP contribution in [0.15, 0.2) is 36.5 Å². The first-order valence-electron chi connectivity index (χ1n) is 11.3. The highest BCUT2D eigenvalue weighted by Gasteiger charge is 2.23. The highest BCUT2D eigenvalue weighted by molar-refractivity contribution is 6.29. The van der Waals surface area contributed by atoms with Crippen LogP contribution in [0.25, 0.3) is 12.0 Å². The Morgan fingerprint density at radius 1 is 1.15 bits per heavy atom. The molecular formula is C24H28ClF2N7. The van der Waals surface area contributed by atoms with Gasteiger partial charge in [-0.05, 0) is 25.5 Å². The summed E-state index contributed by atoms with van der Waals surface area (Å²) in [6, 6.07) is 5.40. The molecule has 0 bridgehead atoms. The summed E-state index contributed by atoms with van der Waals surface area (Å²) < 4.78 is 28.9. The Bertz CT molecular complexity index is 1140. The fourth-order valence-electron chi connectivity index (χ4n) is 4.24. The maximum atomic E-state index is 13.6. The minimum Gasteiger partial charge on any atom is -0.383 e. The number of nitrogens with zero attached hydrogens (tertiary/aromatic N) is 6. The number of piperazine rings is 1. The van der Waals surface area contributed by atoms with Crippen LogP contribution in [0.1, 0.15) is 31.5 Å². The van der Waals surface area contributed by atoms with Crippen LogP contribution < -0.4 is 10.6 Å². The number of aromatic nitrogens is 4. The van der Waals surface area contributed by atoms with Gasteiger partial charge in [-0.2, -0.15) is 15.1 Å². The van der Waals surface area contributed by atoms with Crippen LogP contribution in [0, 0.1) is 11.6 Å². The van der Waals surface area contributed by atoms with Crippen LogP contribution in [0.5, 0.6) is 0 Å². The summed E-state index contributed by atoms with van der Waals surface area (Å²) in [5, 5.41) is 4.74. The second kappa shape index (κ2) is 10.5. The fraction of sp³-hybridized carbons (Fsp3) is 0.375. The van der Waals surface area contributed by atoms with E-state index in [-0.39, 0.29) is 11.2 Å². The van der Waals surface area contributed by atoms with Gasteiger partial charge in [0.1, 0.15) is 22.6 Å². The van der Waals surface area contributed by atoms with Crippen molar-refractivity contribution < 1.29 is 8.78 Å². The summed E-state index contributed by atoms with van der Waals surface area (Å²) in [7, 11) is 0. The Hall–Kier alpha value is -3.04. The van der Waals surface area contributed by atoms with Gasteiger partial charge in [-0.3, -0.25) is 4.90 Å². The van der Waals surface area contributed by atoms with Gasteiger partial charge in [0, 0.05) is 55.6 Å². The van der Waals surface area contributed by atoms with Gasteiger partial charge >= 0.3 is 0 Å². The zero-order valence-corrected chi connectivity index (χ0v) is 20.0. The SMILES string of the molecule is CCCc1c(C=CCN2CCN(c3cc(F)cc(F)c3)C[C@@H]2C)cnn1-c1nc(N)cc(Cl)n1. The highest BCUT2D eigenvalue weighted by atomic mass is 35.5. The molecule has 1 aromatic carbocycles. The van der Waals surface area contributed by atoms with Crippen molar-refractivity contribution in [1.82, 2.24) is 24.6 Å². The van der Waals surface area contributed by atoms with Crippen molar-refractivity contribution >= 4 is 29.2 Å². The van der Waals surface area contributed by atoms with Crippen LogP contribution in [0.2, 0.25) is 5.15 Å². The zero-order chi connectivity index (χ0) is 24.2. The second-order valence-electron chi connectivity index (χ2n) is 8.44. The second-order valence-corrected chi connectivity index (χ2v) is 8.83. The predicted molar refractivity (Wildman–Crippen MR) is 131 cm³/mol. The molecule has 1 aliphatic heterocycles. The van der Waals surface area contributed by atoms with Crippen molar-refractivity contribution in [2.24, 2.45) is 0 Å². The molecule has 34 heavy (non-hydrogen) atoms. The number of halogens is 3. The van der Waals surface area contributed by atoms with E-state index in [9.17, 15) is 8.78 Å². The molecule has 2 aromatic heterocycles. The number of nitrogen functional groups attached to an aromatic ring is 1. The monoisotopic (exact) mass is 487 g/mol. The van der Waals surface area contributed by atoms with E-state index in [4.69, 9.17) is 17.3 Å². The van der Waals surface area contributed by atoms with Gasteiger partial charge in [-0.1, -0.05) is 37.1 Å². The van der Waals surface area contributed by atoms with E-state index in [1.807, 2.05) is 4.90 Å². The maximum Gasteiger partial charge on any atom is 0.254 e. The van der Waals surface area contributed by atoms with Crippen molar-refractivity contribution in [3.8, 4) is 5.95 Å². The van der Waals surface area contributed by atoms with Gasteiger partial charge in [0.2, 0.25) is 0 Å². The third-order valence-corrected chi connectivity index (χ3v) is 6.09. The van der Waals surface area contributed by atoms with Crippen LogP contribution in [0.3, 0.4) is 0 Å². The van der Waals surface area contributed by atoms with Gasteiger partial charge in [0.15, 0.2) is 0 Å². The van der Waals surface area contributed by atoms with Crippen LogP contribution >= 0.6 is 11.6 Å². The molecule has 1 saturated heterocycles. The molecule has 0 spiro atoms.